The molecule has 0 aliphatic heterocycles. The van der Waals surface area contributed by atoms with Crippen LogP contribution in [0.4, 0.5) is 18.9 Å². The molecule has 0 aliphatic carbocycles. The minimum atomic E-state index is -4.88. The molecule has 0 aromatic heterocycles. The number of hydrogen-bond donors (Lipinski definition) is 2. The number of sulfonamides is 1. The second-order valence-corrected chi connectivity index (χ2v) is 8.22. The first-order valence-electron chi connectivity index (χ1n) is 9.28. The van der Waals surface area contributed by atoms with Crippen molar-refractivity contribution in [3.8, 4) is 11.5 Å². The standard InChI is InChI=1S/C20H23F3N2O6S/c1-13(25-32(27,28)18-7-5-4-6-15(18)20(21,22)23)19(26)24-14-8-9-16(30-3)17(12-14)31-11-10-29-2/h4-9,12-13,25H,10-11H2,1-3H3,(H,24,26)/t13-/m0/s1. The third kappa shape index (κ3) is 6.58. The molecule has 0 saturated heterocycles. The largest absolute Gasteiger partial charge is 0.493 e. The topological polar surface area (TPSA) is 103 Å². The van der Waals surface area contributed by atoms with Crippen molar-refractivity contribution >= 4 is 21.6 Å². The van der Waals surface area contributed by atoms with E-state index < -0.39 is 38.6 Å². The van der Waals surface area contributed by atoms with E-state index in [1.54, 1.807) is 0 Å². The lowest BCUT2D eigenvalue weighted by molar-refractivity contribution is -0.139. The number of nitrogens with one attached hydrogen (secondary N) is 2. The molecule has 0 saturated carbocycles. The van der Waals surface area contributed by atoms with Crippen LogP contribution in [0, 0.1) is 0 Å². The molecule has 2 N–H and O–H groups in total. The maximum atomic E-state index is 13.2. The van der Waals surface area contributed by atoms with Crippen molar-refractivity contribution in [3.63, 3.8) is 0 Å². The zero-order valence-corrected chi connectivity index (χ0v) is 18.3. The van der Waals surface area contributed by atoms with E-state index in [1.807, 2.05) is 4.72 Å². The third-order valence-electron chi connectivity index (χ3n) is 4.18. The van der Waals surface area contributed by atoms with Gasteiger partial charge in [-0.05, 0) is 31.2 Å². The number of carbonyl (C=O) groups excluding carboxylic acids is 1. The van der Waals surface area contributed by atoms with Crippen molar-refractivity contribution in [1.82, 2.24) is 4.72 Å². The molecule has 32 heavy (non-hydrogen) atoms. The van der Waals surface area contributed by atoms with Gasteiger partial charge in [-0.25, -0.2) is 8.42 Å². The van der Waals surface area contributed by atoms with Gasteiger partial charge >= 0.3 is 6.18 Å². The Kier molecular flexibility index (Phi) is 8.47. The molecule has 0 heterocycles. The van der Waals surface area contributed by atoms with Crippen molar-refractivity contribution in [1.29, 1.82) is 0 Å². The van der Waals surface area contributed by atoms with E-state index in [1.165, 1.54) is 39.3 Å². The van der Waals surface area contributed by atoms with Gasteiger partial charge in [0.2, 0.25) is 15.9 Å². The lowest BCUT2D eigenvalue weighted by atomic mass is 10.2. The fourth-order valence-electron chi connectivity index (χ4n) is 2.64. The summed E-state index contributed by atoms with van der Waals surface area (Å²) in [6.45, 7) is 1.75. The number of methoxy groups -OCH3 is 2. The first kappa shape index (κ1) is 25.4. The Morgan fingerprint density at radius 1 is 1.06 bits per heavy atom. The minimum absolute atomic E-state index is 0.221. The molecular formula is C20H23F3N2O6S. The minimum Gasteiger partial charge on any atom is -0.493 e. The highest BCUT2D eigenvalue weighted by Crippen LogP contribution is 2.34. The van der Waals surface area contributed by atoms with Crippen molar-refractivity contribution in [2.45, 2.75) is 24.0 Å². The van der Waals surface area contributed by atoms with E-state index in [0.717, 1.165) is 18.2 Å². The molecule has 0 aliphatic rings. The van der Waals surface area contributed by atoms with Crippen LogP contribution in [0.25, 0.3) is 0 Å². The summed E-state index contributed by atoms with van der Waals surface area (Å²) in [5, 5.41) is 2.49. The first-order valence-corrected chi connectivity index (χ1v) is 10.8. The van der Waals surface area contributed by atoms with Crippen LogP contribution in [0.15, 0.2) is 47.4 Å². The molecule has 1 atom stereocenters. The molecular weight excluding hydrogens is 453 g/mol. The Morgan fingerprint density at radius 3 is 2.38 bits per heavy atom. The average molecular weight is 476 g/mol. The van der Waals surface area contributed by atoms with Crippen LogP contribution in [0.5, 0.6) is 11.5 Å². The quantitative estimate of drug-likeness (QED) is 0.511. The number of hydrogen-bond acceptors (Lipinski definition) is 6. The van der Waals surface area contributed by atoms with Gasteiger partial charge in [-0.2, -0.15) is 17.9 Å². The summed E-state index contributed by atoms with van der Waals surface area (Å²) in [6, 6.07) is 6.84. The second kappa shape index (κ2) is 10.7. The molecule has 0 fully saturated rings. The third-order valence-corrected chi connectivity index (χ3v) is 5.78. The summed E-state index contributed by atoms with van der Waals surface area (Å²) < 4.78 is 82.1. The molecule has 176 valence electrons. The number of alkyl halides is 3. The van der Waals surface area contributed by atoms with Crippen molar-refractivity contribution < 1.29 is 40.6 Å². The van der Waals surface area contributed by atoms with Crippen LogP contribution >= 0.6 is 0 Å². The van der Waals surface area contributed by atoms with Gasteiger partial charge in [0.25, 0.3) is 0 Å². The Balaban J connectivity index is 2.16. The maximum absolute atomic E-state index is 13.2. The van der Waals surface area contributed by atoms with Crippen LogP contribution in [0.3, 0.4) is 0 Å². The number of halogens is 3. The van der Waals surface area contributed by atoms with Gasteiger partial charge in [0.05, 0.1) is 30.2 Å². The van der Waals surface area contributed by atoms with Crippen LogP contribution in [0.1, 0.15) is 12.5 Å². The van der Waals surface area contributed by atoms with Crippen molar-refractivity contribution in [3.05, 3.63) is 48.0 Å². The molecule has 2 aromatic carbocycles. The van der Waals surface area contributed by atoms with Crippen LogP contribution in [0.2, 0.25) is 0 Å². The number of amides is 1. The van der Waals surface area contributed by atoms with Crippen LogP contribution in [-0.2, 0) is 25.7 Å². The van der Waals surface area contributed by atoms with Crippen LogP contribution in [-0.4, -0.2) is 47.8 Å². The smallest absolute Gasteiger partial charge is 0.417 e. The lowest BCUT2D eigenvalue weighted by Crippen LogP contribution is -2.42. The monoisotopic (exact) mass is 476 g/mol. The highest BCUT2D eigenvalue weighted by Gasteiger charge is 2.37. The Bertz CT molecular complexity index is 1040. The lowest BCUT2D eigenvalue weighted by Gasteiger charge is -2.18. The highest BCUT2D eigenvalue weighted by atomic mass is 32.2. The number of carbonyl (C=O) groups is 1. The van der Waals surface area contributed by atoms with Crippen molar-refractivity contribution in [2.24, 2.45) is 0 Å². The molecule has 2 aromatic rings. The summed E-state index contributed by atoms with van der Waals surface area (Å²) in [4.78, 5) is 11.5. The Hall–Kier alpha value is -2.83. The molecule has 1 amide bonds. The SMILES string of the molecule is COCCOc1cc(NC(=O)[C@H](C)NS(=O)(=O)c2ccccc2C(F)(F)F)ccc1OC. The summed E-state index contributed by atoms with van der Waals surface area (Å²) in [6.07, 6.45) is -4.88. The number of ether oxygens (including phenoxy) is 3. The number of benzene rings is 2. The van der Waals surface area contributed by atoms with E-state index in [4.69, 9.17) is 14.2 Å². The molecule has 8 nitrogen and oxygen atoms in total. The summed E-state index contributed by atoms with van der Waals surface area (Å²) in [5.74, 6) is -0.0719. The number of anilines is 1. The zero-order valence-electron chi connectivity index (χ0n) is 17.5. The van der Waals surface area contributed by atoms with Gasteiger partial charge in [0, 0.05) is 18.9 Å². The Morgan fingerprint density at radius 2 is 1.75 bits per heavy atom. The van der Waals surface area contributed by atoms with E-state index in [0.29, 0.717) is 24.2 Å². The Labute approximate surface area is 183 Å². The predicted octanol–water partition coefficient (Wildman–Crippen LogP) is 3.04. The van der Waals surface area contributed by atoms with Crippen LogP contribution < -0.4 is 19.5 Å². The van der Waals surface area contributed by atoms with E-state index in [2.05, 4.69) is 5.32 Å². The van der Waals surface area contributed by atoms with E-state index in [-0.39, 0.29) is 12.3 Å². The maximum Gasteiger partial charge on any atom is 0.417 e. The fraction of sp³-hybridized carbons (Fsp3) is 0.350. The van der Waals surface area contributed by atoms with E-state index in [9.17, 15) is 26.4 Å². The first-order chi connectivity index (χ1) is 15.0. The fourth-order valence-corrected chi connectivity index (χ4v) is 4.07. The number of rotatable bonds is 10. The van der Waals surface area contributed by atoms with Gasteiger partial charge in [-0.1, -0.05) is 12.1 Å². The normalized spacial score (nSPS) is 12.8. The molecule has 0 unspecified atom stereocenters. The zero-order chi connectivity index (χ0) is 23.9. The second-order valence-electron chi connectivity index (χ2n) is 6.53. The molecule has 0 spiro atoms. The molecule has 0 radical (unpaired) electrons. The highest BCUT2D eigenvalue weighted by molar-refractivity contribution is 7.89. The summed E-state index contributed by atoms with van der Waals surface area (Å²) in [7, 11) is -1.69. The van der Waals surface area contributed by atoms with E-state index >= 15 is 0 Å². The summed E-state index contributed by atoms with van der Waals surface area (Å²) >= 11 is 0. The van der Waals surface area contributed by atoms with Gasteiger partial charge < -0.3 is 19.5 Å². The van der Waals surface area contributed by atoms with Gasteiger partial charge in [0.15, 0.2) is 11.5 Å². The van der Waals surface area contributed by atoms with Crippen molar-refractivity contribution in [2.75, 3.05) is 32.8 Å². The van der Waals surface area contributed by atoms with Gasteiger partial charge in [-0.3, -0.25) is 4.79 Å². The molecule has 12 heteroatoms. The average Bonchev–Trinajstić information content (AvgIpc) is 2.73. The van der Waals surface area contributed by atoms with Gasteiger partial charge in [-0.15, -0.1) is 0 Å². The molecule has 2 rings (SSSR count). The predicted molar refractivity (Wildman–Crippen MR) is 110 cm³/mol. The van der Waals surface area contributed by atoms with Gasteiger partial charge in [0.1, 0.15) is 6.61 Å². The summed E-state index contributed by atoms with van der Waals surface area (Å²) in [5.41, 5.74) is -1.06. The molecule has 0 bridgehead atoms.